The van der Waals surface area contributed by atoms with Gasteiger partial charge in [-0.3, -0.25) is 14.5 Å². The summed E-state index contributed by atoms with van der Waals surface area (Å²) in [7, 11) is 1.56. The van der Waals surface area contributed by atoms with E-state index in [-0.39, 0.29) is 24.5 Å². The Morgan fingerprint density at radius 2 is 1.93 bits per heavy atom. The van der Waals surface area contributed by atoms with Crippen molar-refractivity contribution in [1.82, 2.24) is 15.0 Å². The molecule has 2 aliphatic rings. The normalized spacial score (nSPS) is 20.9. The first-order valence-corrected chi connectivity index (χ1v) is 10.0. The number of ether oxygens (including phenoxy) is 1. The summed E-state index contributed by atoms with van der Waals surface area (Å²) in [6, 6.07) is 11.3. The Kier molecular flexibility index (Phi) is 5.92. The van der Waals surface area contributed by atoms with Gasteiger partial charge < -0.3 is 19.1 Å². The molecule has 1 aromatic carbocycles. The number of piperidine rings is 1. The molecule has 8 heteroatoms. The van der Waals surface area contributed by atoms with Crippen molar-refractivity contribution in [3.63, 3.8) is 0 Å². The quantitative estimate of drug-likeness (QED) is 0.764. The van der Waals surface area contributed by atoms with Crippen LogP contribution in [-0.2, 0) is 16.1 Å². The fourth-order valence-corrected chi connectivity index (χ4v) is 4.08. The molecule has 0 saturated carbocycles. The van der Waals surface area contributed by atoms with E-state index in [0.717, 1.165) is 25.1 Å². The molecule has 2 aromatic rings. The highest BCUT2D eigenvalue weighted by atomic mass is 16.5. The second-order valence-electron chi connectivity index (χ2n) is 7.42. The average Bonchev–Trinajstić information content (AvgIpc) is 3.23. The van der Waals surface area contributed by atoms with Crippen LogP contribution in [-0.4, -0.2) is 72.6 Å². The van der Waals surface area contributed by atoms with Gasteiger partial charge in [0.05, 0.1) is 6.04 Å². The molecule has 2 saturated heterocycles. The first kappa shape index (κ1) is 19.6. The van der Waals surface area contributed by atoms with Gasteiger partial charge in [0.15, 0.2) is 11.5 Å². The van der Waals surface area contributed by atoms with Crippen LogP contribution in [0.15, 0.2) is 40.9 Å². The Hall–Kier alpha value is -2.71. The number of amides is 2. The first-order chi connectivity index (χ1) is 14.2. The van der Waals surface area contributed by atoms with Gasteiger partial charge in [0.2, 0.25) is 5.91 Å². The molecular formula is C21H26N4O4. The second-order valence-corrected chi connectivity index (χ2v) is 7.42. The van der Waals surface area contributed by atoms with Gasteiger partial charge in [-0.2, -0.15) is 0 Å². The topological polar surface area (TPSA) is 79.1 Å². The molecule has 2 fully saturated rings. The molecule has 1 aromatic heterocycles. The maximum atomic E-state index is 13.1. The van der Waals surface area contributed by atoms with E-state index >= 15 is 0 Å². The smallest absolute Gasteiger partial charge is 0.276 e. The highest BCUT2D eigenvalue weighted by Gasteiger charge is 2.36. The molecular weight excluding hydrogens is 372 g/mol. The van der Waals surface area contributed by atoms with E-state index in [4.69, 9.17) is 9.26 Å². The minimum Gasteiger partial charge on any atom is -0.377 e. The number of aromatic nitrogens is 1. The van der Waals surface area contributed by atoms with Crippen LogP contribution >= 0.6 is 0 Å². The van der Waals surface area contributed by atoms with Crippen molar-refractivity contribution < 1.29 is 18.8 Å². The molecule has 3 heterocycles. The number of rotatable bonds is 5. The number of methoxy groups -OCH3 is 1. The summed E-state index contributed by atoms with van der Waals surface area (Å²) < 4.78 is 10.1. The predicted octanol–water partition coefficient (Wildman–Crippen LogP) is 1.77. The van der Waals surface area contributed by atoms with Crippen molar-refractivity contribution >= 4 is 17.5 Å². The fourth-order valence-electron chi connectivity index (χ4n) is 4.08. The van der Waals surface area contributed by atoms with Crippen LogP contribution in [0.5, 0.6) is 0 Å². The number of nitrogens with zero attached hydrogens (tertiary/aromatic N) is 4. The average molecular weight is 398 g/mol. The molecule has 0 spiro atoms. The first-order valence-electron chi connectivity index (χ1n) is 10.0. The van der Waals surface area contributed by atoms with E-state index < -0.39 is 0 Å². The van der Waals surface area contributed by atoms with Crippen LogP contribution in [0.3, 0.4) is 0 Å². The second kappa shape index (κ2) is 8.75. The molecule has 2 aliphatic heterocycles. The summed E-state index contributed by atoms with van der Waals surface area (Å²) in [5, 5.41) is 3.85. The Bertz CT molecular complexity index is 845. The number of para-hydroxylation sites is 1. The summed E-state index contributed by atoms with van der Waals surface area (Å²) in [6.07, 6.45) is 1.84. The fraction of sp³-hybridized carbons (Fsp3) is 0.476. The van der Waals surface area contributed by atoms with E-state index in [0.29, 0.717) is 37.6 Å². The minimum absolute atomic E-state index is 0.124. The van der Waals surface area contributed by atoms with Gasteiger partial charge in [-0.15, -0.1) is 0 Å². The Morgan fingerprint density at radius 3 is 2.66 bits per heavy atom. The Labute approximate surface area is 170 Å². The van der Waals surface area contributed by atoms with E-state index in [9.17, 15) is 9.59 Å². The van der Waals surface area contributed by atoms with Gasteiger partial charge in [-0.1, -0.05) is 23.4 Å². The van der Waals surface area contributed by atoms with Crippen LogP contribution in [0.4, 0.5) is 5.69 Å². The largest absolute Gasteiger partial charge is 0.377 e. The number of anilines is 1. The zero-order chi connectivity index (χ0) is 20.2. The van der Waals surface area contributed by atoms with Gasteiger partial charge in [-0.25, -0.2) is 0 Å². The van der Waals surface area contributed by atoms with Gasteiger partial charge in [-0.05, 0) is 25.0 Å². The SMILES string of the molecule is COCc1cc(C(=O)N2CCN(C3CCCN(c4ccccc4)C3=O)CC2)no1. The molecule has 1 unspecified atom stereocenters. The van der Waals surface area contributed by atoms with Crippen molar-refractivity contribution in [2.24, 2.45) is 0 Å². The highest BCUT2D eigenvalue weighted by molar-refractivity contribution is 5.98. The van der Waals surface area contributed by atoms with Crippen LogP contribution < -0.4 is 4.90 Å². The summed E-state index contributed by atoms with van der Waals surface area (Å²) in [6.45, 7) is 3.53. The zero-order valence-corrected chi connectivity index (χ0v) is 16.6. The van der Waals surface area contributed by atoms with Gasteiger partial charge >= 0.3 is 0 Å². The number of piperazine rings is 1. The molecule has 0 radical (unpaired) electrons. The molecule has 2 amide bonds. The molecule has 29 heavy (non-hydrogen) atoms. The lowest BCUT2D eigenvalue weighted by molar-refractivity contribution is -0.126. The molecule has 4 rings (SSSR count). The lowest BCUT2D eigenvalue weighted by Gasteiger charge is -2.42. The molecule has 0 bridgehead atoms. The summed E-state index contributed by atoms with van der Waals surface area (Å²) in [5.74, 6) is 0.544. The number of benzene rings is 1. The van der Waals surface area contributed by atoms with E-state index in [1.807, 2.05) is 35.2 Å². The number of carbonyl (C=O) groups is 2. The summed E-state index contributed by atoms with van der Waals surface area (Å²) in [5.41, 5.74) is 1.25. The van der Waals surface area contributed by atoms with Crippen molar-refractivity contribution in [1.29, 1.82) is 0 Å². The summed E-state index contributed by atoms with van der Waals surface area (Å²) >= 11 is 0. The lowest BCUT2D eigenvalue weighted by atomic mass is 10.0. The molecule has 154 valence electrons. The predicted molar refractivity (Wildman–Crippen MR) is 107 cm³/mol. The van der Waals surface area contributed by atoms with Crippen LogP contribution in [0.1, 0.15) is 29.1 Å². The molecule has 8 nitrogen and oxygen atoms in total. The molecule has 1 atom stereocenters. The van der Waals surface area contributed by atoms with Gasteiger partial charge in [0, 0.05) is 51.6 Å². The van der Waals surface area contributed by atoms with Gasteiger partial charge in [0.25, 0.3) is 5.91 Å². The van der Waals surface area contributed by atoms with Crippen molar-refractivity contribution in [2.75, 3.05) is 44.7 Å². The van der Waals surface area contributed by atoms with Crippen LogP contribution in [0, 0.1) is 0 Å². The van der Waals surface area contributed by atoms with Crippen molar-refractivity contribution in [3.8, 4) is 0 Å². The Morgan fingerprint density at radius 1 is 1.17 bits per heavy atom. The van der Waals surface area contributed by atoms with Crippen molar-refractivity contribution in [3.05, 3.63) is 47.9 Å². The zero-order valence-electron chi connectivity index (χ0n) is 16.6. The number of hydrogen-bond donors (Lipinski definition) is 0. The van der Waals surface area contributed by atoms with Crippen LogP contribution in [0.25, 0.3) is 0 Å². The van der Waals surface area contributed by atoms with E-state index in [2.05, 4.69) is 10.1 Å². The van der Waals surface area contributed by atoms with Gasteiger partial charge in [0.1, 0.15) is 6.61 Å². The number of hydrogen-bond acceptors (Lipinski definition) is 6. The lowest BCUT2D eigenvalue weighted by Crippen LogP contribution is -2.58. The third kappa shape index (κ3) is 4.18. The molecule has 0 aliphatic carbocycles. The number of carbonyl (C=O) groups excluding carboxylic acids is 2. The monoisotopic (exact) mass is 398 g/mol. The summed E-state index contributed by atoms with van der Waals surface area (Å²) in [4.78, 5) is 31.6. The van der Waals surface area contributed by atoms with E-state index in [1.165, 1.54) is 0 Å². The van der Waals surface area contributed by atoms with E-state index in [1.54, 1.807) is 18.1 Å². The maximum absolute atomic E-state index is 13.1. The third-order valence-corrected chi connectivity index (χ3v) is 5.59. The molecule has 0 N–H and O–H groups in total. The van der Waals surface area contributed by atoms with Crippen molar-refractivity contribution in [2.45, 2.75) is 25.5 Å². The highest BCUT2D eigenvalue weighted by Crippen LogP contribution is 2.24. The maximum Gasteiger partial charge on any atom is 0.276 e. The Balaban J connectivity index is 1.36. The van der Waals surface area contributed by atoms with Crippen LogP contribution in [0.2, 0.25) is 0 Å². The standard InChI is InChI=1S/C21H26N4O4/c1-28-15-17-14-18(22-29-17)20(26)24-12-10-23(11-13-24)19-8-5-9-25(21(19)27)16-6-3-2-4-7-16/h2-4,6-7,14,19H,5,8-13,15H2,1H3. The minimum atomic E-state index is -0.142. The third-order valence-electron chi connectivity index (χ3n) is 5.59.